The van der Waals surface area contributed by atoms with Crippen molar-refractivity contribution in [2.45, 2.75) is 51.3 Å². The maximum atomic E-state index is 14.1. The number of hydrogen-bond donors (Lipinski definition) is 1. The first-order valence-corrected chi connectivity index (χ1v) is 14.0. The van der Waals surface area contributed by atoms with Crippen molar-refractivity contribution < 1.29 is 27.9 Å². The van der Waals surface area contributed by atoms with Gasteiger partial charge in [0.2, 0.25) is 5.91 Å². The number of rotatable bonds is 12. The van der Waals surface area contributed by atoms with Gasteiger partial charge in [-0.15, -0.1) is 0 Å². The van der Waals surface area contributed by atoms with E-state index in [4.69, 9.17) is 4.74 Å². The van der Waals surface area contributed by atoms with Gasteiger partial charge in [0.1, 0.15) is 11.5 Å². The quantitative estimate of drug-likeness (QED) is 0.317. The molecule has 43 heavy (non-hydrogen) atoms. The molecule has 1 aliphatic rings. The first kappa shape index (κ1) is 31.4. The molecule has 1 saturated carbocycles. The second-order valence-electron chi connectivity index (χ2n) is 11.0. The van der Waals surface area contributed by atoms with E-state index in [0.29, 0.717) is 23.8 Å². The van der Waals surface area contributed by atoms with Crippen LogP contribution in [0.2, 0.25) is 0 Å². The van der Waals surface area contributed by atoms with Crippen molar-refractivity contribution in [3.05, 3.63) is 70.4 Å². The number of carbonyl (C=O) groups is 3. The number of amides is 3. The van der Waals surface area contributed by atoms with Crippen molar-refractivity contribution in [1.29, 1.82) is 0 Å². The normalized spacial score (nSPS) is 13.7. The lowest BCUT2D eigenvalue weighted by molar-refractivity contribution is -0.125. The highest BCUT2D eigenvalue weighted by atomic mass is 19.2. The fourth-order valence-corrected chi connectivity index (χ4v) is 4.43. The Morgan fingerprint density at radius 2 is 1.86 bits per heavy atom. The van der Waals surface area contributed by atoms with Crippen molar-refractivity contribution in [2.24, 2.45) is 5.92 Å². The number of imidazole rings is 1. The molecule has 3 amide bonds. The lowest BCUT2D eigenvalue weighted by atomic mass is 10.1. The van der Waals surface area contributed by atoms with Gasteiger partial charge in [-0.3, -0.25) is 14.4 Å². The van der Waals surface area contributed by atoms with Gasteiger partial charge in [0.05, 0.1) is 17.6 Å². The van der Waals surface area contributed by atoms with Crippen LogP contribution in [0, 0.1) is 17.6 Å². The Labute approximate surface area is 247 Å². The van der Waals surface area contributed by atoms with Gasteiger partial charge in [0.25, 0.3) is 11.5 Å². The molecule has 3 aromatic rings. The number of anilines is 1. The molecule has 0 saturated heterocycles. The van der Waals surface area contributed by atoms with Crippen LogP contribution in [0.25, 0.3) is 11.0 Å². The van der Waals surface area contributed by atoms with E-state index in [9.17, 15) is 28.0 Å². The highest BCUT2D eigenvalue weighted by Gasteiger charge is 2.25. The minimum atomic E-state index is -1.24. The molecule has 11 nitrogen and oxygen atoms in total. The maximum Gasteiger partial charge on any atom is 0.410 e. The summed E-state index contributed by atoms with van der Waals surface area (Å²) in [4.78, 5) is 57.7. The van der Waals surface area contributed by atoms with Crippen LogP contribution in [-0.2, 0) is 27.4 Å². The molecule has 230 valence electrons. The number of allylic oxidation sites excluding steroid dienone is 1. The summed E-state index contributed by atoms with van der Waals surface area (Å²) in [6, 6.07) is 5.16. The molecule has 2 aromatic heterocycles. The van der Waals surface area contributed by atoms with Crippen LogP contribution < -0.4 is 10.9 Å². The highest BCUT2D eigenvalue weighted by molar-refractivity contribution is 5.95. The first-order chi connectivity index (χ1) is 20.4. The third kappa shape index (κ3) is 8.05. The van der Waals surface area contributed by atoms with Gasteiger partial charge in [0.15, 0.2) is 17.7 Å². The zero-order chi connectivity index (χ0) is 31.3. The van der Waals surface area contributed by atoms with Crippen molar-refractivity contribution >= 4 is 34.6 Å². The third-order valence-electron chi connectivity index (χ3n) is 7.11. The lowest BCUT2D eigenvalue weighted by Crippen LogP contribution is -2.37. The number of benzene rings is 1. The van der Waals surface area contributed by atoms with Gasteiger partial charge >= 0.3 is 6.09 Å². The van der Waals surface area contributed by atoms with E-state index in [1.54, 1.807) is 30.8 Å². The summed E-state index contributed by atoms with van der Waals surface area (Å²) in [5, 5.41) is 2.56. The summed E-state index contributed by atoms with van der Waals surface area (Å²) < 4.78 is 36.6. The molecular formula is C30H36F2N6O5. The van der Waals surface area contributed by atoms with Crippen LogP contribution in [0.15, 0.2) is 47.4 Å². The summed E-state index contributed by atoms with van der Waals surface area (Å²) in [7, 11) is 6.17. The number of nitrogens with zero attached hydrogens (tertiary/aromatic N) is 5. The van der Waals surface area contributed by atoms with Gasteiger partial charge in [-0.25, -0.2) is 18.6 Å². The topological polar surface area (TPSA) is 119 Å². The summed E-state index contributed by atoms with van der Waals surface area (Å²) in [6.07, 6.45) is 5.93. The molecule has 13 heteroatoms. The van der Waals surface area contributed by atoms with E-state index in [0.717, 1.165) is 31.4 Å². The summed E-state index contributed by atoms with van der Waals surface area (Å²) in [5.74, 6) is -1.89. The number of aryl methyl sites for hydroxylation is 1. The number of halogens is 2. The van der Waals surface area contributed by atoms with Crippen LogP contribution in [-0.4, -0.2) is 76.1 Å². The Morgan fingerprint density at radius 1 is 1.14 bits per heavy atom. The second-order valence-corrected chi connectivity index (χ2v) is 11.0. The largest absolute Gasteiger partial charge is 0.436 e. The number of carbonyl (C=O) groups excluding carboxylic acids is 3. The van der Waals surface area contributed by atoms with Gasteiger partial charge in [0, 0.05) is 53.1 Å². The van der Waals surface area contributed by atoms with Gasteiger partial charge in [-0.1, -0.05) is 18.9 Å². The van der Waals surface area contributed by atoms with E-state index in [2.05, 4.69) is 10.3 Å². The molecule has 1 fully saturated rings. The molecule has 0 radical (unpaired) electrons. The lowest BCUT2D eigenvalue weighted by Gasteiger charge is -2.20. The predicted molar refractivity (Wildman–Crippen MR) is 156 cm³/mol. The average Bonchev–Trinajstić information content (AvgIpc) is 3.73. The molecule has 1 aromatic carbocycles. The van der Waals surface area contributed by atoms with Gasteiger partial charge < -0.3 is 29.0 Å². The maximum absolute atomic E-state index is 14.1. The molecule has 0 bridgehead atoms. The van der Waals surface area contributed by atoms with E-state index in [-0.39, 0.29) is 36.5 Å². The molecule has 1 aliphatic carbocycles. The predicted octanol–water partition coefficient (Wildman–Crippen LogP) is 3.75. The van der Waals surface area contributed by atoms with Crippen molar-refractivity contribution in [3.63, 3.8) is 0 Å². The summed E-state index contributed by atoms with van der Waals surface area (Å²) >= 11 is 0. The minimum Gasteiger partial charge on any atom is -0.436 e. The van der Waals surface area contributed by atoms with E-state index < -0.39 is 35.3 Å². The fourth-order valence-electron chi connectivity index (χ4n) is 4.43. The zero-order valence-electron chi connectivity index (χ0n) is 24.7. The molecule has 2 heterocycles. The summed E-state index contributed by atoms with van der Waals surface area (Å²) in [5.41, 5.74) is 0.144. The number of fused-ring (bicyclic) bond motifs is 1. The zero-order valence-corrected chi connectivity index (χ0v) is 24.7. The van der Waals surface area contributed by atoms with E-state index in [1.807, 2.05) is 0 Å². The number of ether oxygens (including phenoxy) is 1. The van der Waals surface area contributed by atoms with E-state index >= 15 is 0 Å². The monoisotopic (exact) mass is 598 g/mol. The van der Waals surface area contributed by atoms with Crippen LogP contribution in [0.5, 0.6) is 0 Å². The Balaban J connectivity index is 1.54. The van der Waals surface area contributed by atoms with Crippen molar-refractivity contribution in [1.82, 2.24) is 23.9 Å². The van der Waals surface area contributed by atoms with Crippen molar-refractivity contribution in [3.8, 4) is 0 Å². The Bertz CT molecular complexity index is 1590. The van der Waals surface area contributed by atoms with Crippen LogP contribution >= 0.6 is 0 Å². The molecule has 1 N–H and O–H groups in total. The molecular weight excluding hydrogens is 562 g/mol. The molecule has 4 rings (SSSR count). The minimum absolute atomic E-state index is 0.00509. The number of pyridine rings is 1. The molecule has 1 atom stereocenters. The first-order valence-electron chi connectivity index (χ1n) is 14.0. The number of hydrogen-bond acceptors (Lipinski definition) is 6. The second kappa shape index (κ2) is 13.6. The molecule has 0 aliphatic heterocycles. The smallest absolute Gasteiger partial charge is 0.410 e. The Hall–Kier alpha value is -4.55. The average molecular weight is 599 g/mol. The van der Waals surface area contributed by atoms with Gasteiger partial charge in [-0.2, -0.15) is 0 Å². The highest BCUT2D eigenvalue weighted by Crippen LogP contribution is 2.33. The van der Waals surface area contributed by atoms with Crippen LogP contribution in [0.1, 0.15) is 37.9 Å². The van der Waals surface area contributed by atoms with Crippen LogP contribution in [0.4, 0.5) is 19.3 Å². The van der Waals surface area contributed by atoms with Crippen molar-refractivity contribution in [2.75, 3.05) is 33.5 Å². The van der Waals surface area contributed by atoms with E-state index in [1.165, 1.54) is 46.8 Å². The standard InChI is InChI=1S/C30H36F2N6O5/c1-35(2)27(39)10-6-5-9-25(43-30(42)36(3)4)28(40)34-22-8-7-14-37(29(22)41)18-26-33-23-16-20(31)21(32)17-24(23)38(26)15-13-19-11-12-19/h6-8,10,14,16-17,19,25H,5,9,11-13,15,18H2,1-4H3,(H,34,40). The molecule has 1 unspecified atom stereocenters. The van der Waals surface area contributed by atoms with Crippen LogP contribution in [0.3, 0.4) is 0 Å². The SMILES string of the molecule is CN(C)C(=O)C=CCCC(OC(=O)N(C)C)C(=O)Nc1cccn(Cc2nc3cc(F)c(F)cc3n2CCC2CC2)c1=O. The number of likely N-dealkylation sites (N-methyl/N-ethyl adjacent to an activating group) is 1. The summed E-state index contributed by atoms with van der Waals surface area (Å²) in [6.45, 7) is 0.537. The third-order valence-corrected chi connectivity index (χ3v) is 7.11. The number of aromatic nitrogens is 3. The fraction of sp³-hybridized carbons (Fsp3) is 0.433. The van der Waals surface area contributed by atoms with Gasteiger partial charge in [-0.05, 0) is 43.4 Å². The Kier molecular flexibility index (Phi) is 9.94. The number of nitrogens with one attached hydrogen (secondary N) is 1. The Morgan fingerprint density at radius 3 is 2.53 bits per heavy atom. The molecule has 0 spiro atoms.